The van der Waals surface area contributed by atoms with E-state index in [0.29, 0.717) is 0 Å². The second-order valence-corrected chi connectivity index (χ2v) is 3.28. The highest BCUT2D eigenvalue weighted by atomic mass is 15.4. The van der Waals surface area contributed by atoms with Gasteiger partial charge in [-0.25, -0.2) is 0 Å². The van der Waals surface area contributed by atoms with E-state index in [0.717, 1.165) is 26.7 Å². The Morgan fingerprint density at radius 3 is 2.18 bits per heavy atom. The van der Waals surface area contributed by atoms with Crippen molar-refractivity contribution < 1.29 is 0 Å². The summed E-state index contributed by atoms with van der Waals surface area (Å²) >= 11 is 0. The molecule has 2 unspecified atom stereocenters. The largest absolute Gasteiger partial charge is 0.292 e. The van der Waals surface area contributed by atoms with Gasteiger partial charge in [-0.1, -0.05) is 0 Å². The molecule has 2 bridgehead atoms. The topological polar surface area (TPSA) is 30.5 Å². The summed E-state index contributed by atoms with van der Waals surface area (Å²) in [4.78, 5) is 4.90. The van der Waals surface area contributed by atoms with Crippen molar-refractivity contribution in [2.24, 2.45) is 0 Å². The maximum absolute atomic E-state index is 3.33. The summed E-state index contributed by atoms with van der Waals surface area (Å²) in [6, 6.07) is 0. The lowest BCUT2D eigenvalue weighted by atomic mass is 10.3. The Balaban J connectivity index is 1.90. The molecule has 0 aromatic rings. The summed E-state index contributed by atoms with van der Waals surface area (Å²) in [5.41, 5.74) is 0. The number of nitrogens with one attached hydrogen (secondary N) is 2. The summed E-state index contributed by atoms with van der Waals surface area (Å²) < 4.78 is 0. The fraction of sp³-hybridized carbons (Fsp3) is 1.00. The number of hydrogen-bond acceptors (Lipinski definition) is 4. The van der Waals surface area contributed by atoms with E-state index in [9.17, 15) is 0 Å². The molecule has 0 aliphatic carbocycles. The van der Waals surface area contributed by atoms with Crippen molar-refractivity contribution in [3.8, 4) is 0 Å². The van der Waals surface area contributed by atoms with Crippen LogP contribution in [0.4, 0.5) is 0 Å². The van der Waals surface area contributed by atoms with Crippen LogP contribution in [0.15, 0.2) is 0 Å². The van der Waals surface area contributed by atoms with Gasteiger partial charge in [-0.3, -0.25) is 20.4 Å². The Bertz CT molecular complexity index is 116. The van der Waals surface area contributed by atoms with E-state index in [1.807, 2.05) is 0 Å². The molecule has 2 aliphatic rings. The Labute approximate surface area is 67.5 Å². The second kappa shape index (κ2) is 3.49. The summed E-state index contributed by atoms with van der Waals surface area (Å²) in [6.45, 7) is 6.63. The minimum Gasteiger partial charge on any atom is -0.292 e. The van der Waals surface area contributed by atoms with Crippen molar-refractivity contribution in [3.05, 3.63) is 0 Å². The van der Waals surface area contributed by atoms with Gasteiger partial charge in [0.2, 0.25) is 0 Å². The molecule has 2 aliphatic heterocycles. The van der Waals surface area contributed by atoms with Crippen LogP contribution in [0.3, 0.4) is 0 Å². The van der Waals surface area contributed by atoms with E-state index in [1.165, 1.54) is 19.5 Å². The Morgan fingerprint density at radius 2 is 1.55 bits per heavy atom. The van der Waals surface area contributed by atoms with Crippen LogP contribution in [0.2, 0.25) is 0 Å². The fourth-order valence-electron chi connectivity index (χ4n) is 1.72. The predicted molar refractivity (Wildman–Crippen MR) is 43.8 cm³/mol. The molecular formula is C7H16N4. The molecule has 64 valence electrons. The highest BCUT2D eigenvalue weighted by Gasteiger charge is 2.17. The second-order valence-electron chi connectivity index (χ2n) is 3.28. The third kappa shape index (κ3) is 1.90. The van der Waals surface area contributed by atoms with Gasteiger partial charge in [0.05, 0.1) is 20.0 Å². The number of fused-ring (bicyclic) bond motifs is 2. The zero-order valence-electron chi connectivity index (χ0n) is 6.84. The molecule has 11 heavy (non-hydrogen) atoms. The maximum Gasteiger partial charge on any atom is 0.0529 e. The highest BCUT2D eigenvalue weighted by molar-refractivity contribution is 4.69. The van der Waals surface area contributed by atoms with Gasteiger partial charge in [0.15, 0.2) is 0 Å². The predicted octanol–water partition coefficient (Wildman–Crippen LogP) is -0.983. The van der Waals surface area contributed by atoms with E-state index in [1.54, 1.807) is 0 Å². The van der Waals surface area contributed by atoms with E-state index >= 15 is 0 Å². The smallest absolute Gasteiger partial charge is 0.0529 e. The molecule has 2 fully saturated rings. The van der Waals surface area contributed by atoms with Gasteiger partial charge in [-0.05, 0) is 6.42 Å². The first-order chi connectivity index (χ1) is 5.45. The van der Waals surface area contributed by atoms with Gasteiger partial charge in [0.1, 0.15) is 0 Å². The zero-order valence-corrected chi connectivity index (χ0v) is 6.84. The number of rotatable bonds is 0. The molecule has 2 heterocycles. The SMILES string of the molecule is C1CN2CNCNCN(C1)C2. The molecule has 0 radical (unpaired) electrons. The van der Waals surface area contributed by atoms with Gasteiger partial charge < -0.3 is 0 Å². The average Bonchev–Trinajstić information content (AvgIpc) is 2.02. The minimum atomic E-state index is 0.938. The van der Waals surface area contributed by atoms with Crippen LogP contribution in [0.25, 0.3) is 0 Å². The van der Waals surface area contributed by atoms with Crippen LogP contribution in [-0.2, 0) is 0 Å². The molecule has 4 nitrogen and oxygen atoms in total. The monoisotopic (exact) mass is 156 g/mol. The molecule has 2 rings (SSSR count). The van der Waals surface area contributed by atoms with Crippen molar-refractivity contribution in [1.29, 1.82) is 0 Å². The maximum atomic E-state index is 3.33. The van der Waals surface area contributed by atoms with Crippen molar-refractivity contribution in [1.82, 2.24) is 20.4 Å². The standard InChI is InChI=1S/C7H16N4/c1-2-10-5-8-4-9-6-11(3-1)7-10/h8-9H,1-7H2. The molecular weight excluding hydrogens is 140 g/mol. The molecule has 0 spiro atoms. The lowest BCUT2D eigenvalue weighted by molar-refractivity contribution is 0.0581. The Hall–Kier alpha value is -0.160. The van der Waals surface area contributed by atoms with Gasteiger partial charge in [0.25, 0.3) is 0 Å². The third-order valence-corrected chi connectivity index (χ3v) is 2.27. The molecule has 4 heteroatoms. The first kappa shape index (κ1) is 7.49. The van der Waals surface area contributed by atoms with Gasteiger partial charge >= 0.3 is 0 Å². The molecule has 2 N–H and O–H groups in total. The van der Waals surface area contributed by atoms with Gasteiger partial charge in [-0.15, -0.1) is 0 Å². The molecule has 2 atom stereocenters. The van der Waals surface area contributed by atoms with Crippen molar-refractivity contribution in [3.63, 3.8) is 0 Å². The zero-order chi connectivity index (χ0) is 7.52. The van der Waals surface area contributed by atoms with E-state index in [-0.39, 0.29) is 0 Å². The molecule has 0 amide bonds. The summed E-state index contributed by atoms with van der Waals surface area (Å²) in [7, 11) is 0. The van der Waals surface area contributed by atoms with Gasteiger partial charge in [-0.2, -0.15) is 0 Å². The summed E-state index contributed by atoms with van der Waals surface area (Å²) in [5.74, 6) is 0. The van der Waals surface area contributed by atoms with Crippen molar-refractivity contribution in [2.75, 3.05) is 39.8 Å². The van der Waals surface area contributed by atoms with Crippen molar-refractivity contribution in [2.45, 2.75) is 6.42 Å². The quantitative estimate of drug-likeness (QED) is 0.472. The van der Waals surface area contributed by atoms with Crippen LogP contribution in [0, 0.1) is 0 Å². The number of hydrogen-bond donors (Lipinski definition) is 2. The Kier molecular flexibility index (Phi) is 2.38. The van der Waals surface area contributed by atoms with Crippen LogP contribution in [-0.4, -0.2) is 49.6 Å². The first-order valence-corrected chi connectivity index (χ1v) is 4.31. The lowest BCUT2D eigenvalue weighted by Gasteiger charge is -2.37. The summed E-state index contributed by atoms with van der Waals surface area (Å²) in [5, 5.41) is 6.66. The highest BCUT2D eigenvalue weighted by Crippen LogP contribution is 2.03. The average molecular weight is 156 g/mol. The fourth-order valence-corrected chi connectivity index (χ4v) is 1.72. The van der Waals surface area contributed by atoms with E-state index in [2.05, 4.69) is 20.4 Å². The van der Waals surface area contributed by atoms with Crippen LogP contribution in [0.1, 0.15) is 6.42 Å². The van der Waals surface area contributed by atoms with Crippen LogP contribution < -0.4 is 10.6 Å². The summed E-state index contributed by atoms with van der Waals surface area (Å²) in [6.07, 6.45) is 1.31. The third-order valence-electron chi connectivity index (χ3n) is 2.27. The normalized spacial score (nSPS) is 39.3. The van der Waals surface area contributed by atoms with Crippen LogP contribution in [0.5, 0.6) is 0 Å². The van der Waals surface area contributed by atoms with Gasteiger partial charge in [0, 0.05) is 19.8 Å². The van der Waals surface area contributed by atoms with Crippen molar-refractivity contribution >= 4 is 0 Å². The molecule has 0 aromatic carbocycles. The van der Waals surface area contributed by atoms with Crippen LogP contribution >= 0.6 is 0 Å². The van der Waals surface area contributed by atoms with E-state index < -0.39 is 0 Å². The number of nitrogens with zero attached hydrogens (tertiary/aromatic N) is 2. The molecule has 0 aromatic heterocycles. The Morgan fingerprint density at radius 1 is 0.909 bits per heavy atom. The molecule has 0 saturated carbocycles. The molecule has 2 saturated heterocycles. The van der Waals surface area contributed by atoms with E-state index in [4.69, 9.17) is 0 Å². The minimum absolute atomic E-state index is 0.938. The first-order valence-electron chi connectivity index (χ1n) is 4.31. The lowest BCUT2D eigenvalue weighted by Crippen LogP contribution is -2.55.